The van der Waals surface area contributed by atoms with Crippen LogP contribution in [0.15, 0.2) is 30.3 Å². The predicted octanol–water partition coefficient (Wildman–Crippen LogP) is 3.55. The Kier molecular flexibility index (Phi) is 5.82. The first-order chi connectivity index (χ1) is 8.86. The van der Waals surface area contributed by atoms with Gasteiger partial charge in [0, 0.05) is 7.11 Å². The molecule has 0 heterocycles. The maximum absolute atomic E-state index is 13.0. The van der Waals surface area contributed by atoms with Crippen LogP contribution in [-0.4, -0.2) is 25.9 Å². The van der Waals surface area contributed by atoms with Crippen molar-refractivity contribution < 1.29 is 17.9 Å². The van der Waals surface area contributed by atoms with Crippen molar-refractivity contribution in [2.24, 2.45) is 5.92 Å². The van der Waals surface area contributed by atoms with Crippen LogP contribution < -0.4 is 5.32 Å². The first kappa shape index (κ1) is 16.0. The molecule has 2 atom stereocenters. The van der Waals surface area contributed by atoms with Crippen molar-refractivity contribution in [3.63, 3.8) is 0 Å². The van der Waals surface area contributed by atoms with E-state index in [1.165, 1.54) is 7.11 Å². The molecule has 0 spiro atoms. The highest BCUT2D eigenvalue weighted by Crippen LogP contribution is 2.28. The highest BCUT2D eigenvalue weighted by atomic mass is 19.4. The average Bonchev–Trinajstić information content (AvgIpc) is 2.33. The van der Waals surface area contributed by atoms with Crippen LogP contribution in [0.3, 0.4) is 0 Å². The Morgan fingerprint density at radius 3 is 2.16 bits per heavy atom. The minimum Gasteiger partial charge on any atom is -0.383 e. The van der Waals surface area contributed by atoms with Crippen molar-refractivity contribution in [1.29, 1.82) is 0 Å². The average molecular weight is 275 g/mol. The summed E-state index contributed by atoms with van der Waals surface area (Å²) in [6.07, 6.45) is -4.27. The van der Waals surface area contributed by atoms with Crippen LogP contribution in [0, 0.1) is 5.92 Å². The van der Waals surface area contributed by atoms with Crippen LogP contribution in [0.1, 0.15) is 25.5 Å². The molecule has 1 aromatic rings. The maximum Gasteiger partial charge on any atom is 0.404 e. The SMILES string of the molecule is COC[C@H](N[C@H](C(C)C)C(F)(F)F)c1ccccc1. The lowest BCUT2D eigenvalue weighted by Gasteiger charge is -2.30. The summed E-state index contributed by atoms with van der Waals surface area (Å²) in [5.74, 6) is -0.539. The van der Waals surface area contributed by atoms with Gasteiger partial charge in [-0.1, -0.05) is 44.2 Å². The van der Waals surface area contributed by atoms with Crippen molar-refractivity contribution in [3.8, 4) is 0 Å². The molecule has 0 aliphatic rings. The zero-order chi connectivity index (χ0) is 14.5. The highest BCUT2D eigenvalue weighted by molar-refractivity contribution is 5.19. The topological polar surface area (TPSA) is 21.3 Å². The van der Waals surface area contributed by atoms with E-state index in [4.69, 9.17) is 4.74 Å². The summed E-state index contributed by atoms with van der Waals surface area (Å²) in [5.41, 5.74) is 0.791. The molecular formula is C14H20F3NO. The Labute approximate surface area is 112 Å². The van der Waals surface area contributed by atoms with Crippen molar-refractivity contribution in [3.05, 3.63) is 35.9 Å². The van der Waals surface area contributed by atoms with Crippen LogP contribution in [0.25, 0.3) is 0 Å². The van der Waals surface area contributed by atoms with Crippen LogP contribution in [0.4, 0.5) is 13.2 Å². The Morgan fingerprint density at radius 1 is 1.16 bits per heavy atom. The van der Waals surface area contributed by atoms with Crippen LogP contribution >= 0.6 is 0 Å². The summed E-state index contributed by atoms with van der Waals surface area (Å²) in [7, 11) is 1.48. The molecule has 0 saturated carbocycles. The minimum atomic E-state index is -4.27. The van der Waals surface area contributed by atoms with Crippen molar-refractivity contribution in [1.82, 2.24) is 5.32 Å². The van der Waals surface area contributed by atoms with Gasteiger partial charge in [0.2, 0.25) is 0 Å². The molecule has 0 fully saturated rings. The lowest BCUT2D eigenvalue weighted by atomic mass is 10.00. The second kappa shape index (κ2) is 6.91. The smallest absolute Gasteiger partial charge is 0.383 e. The molecule has 0 unspecified atom stereocenters. The van der Waals surface area contributed by atoms with Gasteiger partial charge in [0.1, 0.15) is 6.04 Å². The van der Waals surface area contributed by atoms with Crippen molar-refractivity contribution >= 4 is 0 Å². The third-order valence-corrected chi connectivity index (χ3v) is 2.94. The lowest BCUT2D eigenvalue weighted by molar-refractivity contribution is -0.168. The van der Waals surface area contributed by atoms with Crippen LogP contribution in [0.5, 0.6) is 0 Å². The summed E-state index contributed by atoms with van der Waals surface area (Å²) < 4.78 is 44.0. The maximum atomic E-state index is 13.0. The Morgan fingerprint density at radius 2 is 1.74 bits per heavy atom. The van der Waals surface area contributed by atoms with Gasteiger partial charge in [0.05, 0.1) is 12.6 Å². The summed E-state index contributed by atoms with van der Waals surface area (Å²) in [6.45, 7) is 3.31. The number of rotatable bonds is 6. The van der Waals surface area contributed by atoms with Gasteiger partial charge in [-0.3, -0.25) is 5.32 Å². The van der Waals surface area contributed by atoms with E-state index in [0.29, 0.717) is 0 Å². The van der Waals surface area contributed by atoms with Crippen molar-refractivity contribution in [2.75, 3.05) is 13.7 Å². The molecule has 1 N–H and O–H groups in total. The van der Waals surface area contributed by atoms with Gasteiger partial charge in [-0.2, -0.15) is 13.2 Å². The van der Waals surface area contributed by atoms with Crippen LogP contribution in [-0.2, 0) is 4.74 Å². The molecule has 0 saturated heterocycles. The zero-order valence-corrected chi connectivity index (χ0v) is 11.4. The molecule has 0 bridgehead atoms. The lowest BCUT2D eigenvalue weighted by Crippen LogP contribution is -2.48. The van der Waals surface area contributed by atoms with Gasteiger partial charge < -0.3 is 4.74 Å². The first-order valence-corrected chi connectivity index (χ1v) is 6.23. The highest BCUT2D eigenvalue weighted by Gasteiger charge is 2.42. The predicted molar refractivity (Wildman–Crippen MR) is 68.9 cm³/mol. The van der Waals surface area contributed by atoms with Gasteiger partial charge >= 0.3 is 6.18 Å². The first-order valence-electron chi connectivity index (χ1n) is 6.23. The van der Waals surface area contributed by atoms with E-state index >= 15 is 0 Å². The Bertz CT molecular complexity index is 365. The molecule has 1 aromatic carbocycles. The van der Waals surface area contributed by atoms with Gasteiger partial charge in [-0.05, 0) is 11.5 Å². The van der Waals surface area contributed by atoms with Crippen molar-refractivity contribution in [2.45, 2.75) is 32.1 Å². The molecule has 0 aliphatic heterocycles. The van der Waals surface area contributed by atoms with Gasteiger partial charge in [-0.15, -0.1) is 0 Å². The molecule has 0 radical (unpaired) electrons. The van der Waals surface area contributed by atoms with E-state index in [0.717, 1.165) is 5.56 Å². The Balaban J connectivity index is 2.88. The monoisotopic (exact) mass is 275 g/mol. The fourth-order valence-corrected chi connectivity index (χ4v) is 1.97. The second-order valence-corrected chi connectivity index (χ2v) is 4.85. The molecule has 2 nitrogen and oxygen atoms in total. The van der Waals surface area contributed by atoms with E-state index in [-0.39, 0.29) is 6.61 Å². The number of benzene rings is 1. The zero-order valence-electron chi connectivity index (χ0n) is 11.4. The van der Waals surface area contributed by atoms with E-state index in [1.807, 2.05) is 6.07 Å². The normalized spacial score (nSPS) is 15.5. The molecule has 0 amide bonds. The quantitative estimate of drug-likeness (QED) is 0.857. The number of alkyl halides is 3. The molecule has 5 heteroatoms. The fourth-order valence-electron chi connectivity index (χ4n) is 1.97. The van der Waals surface area contributed by atoms with E-state index in [1.54, 1.807) is 38.1 Å². The molecule has 108 valence electrons. The van der Waals surface area contributed by atoms with E-state index in [9.17, 15) is 13.2 Å². The Hall–Kier alpha value is -1.07. The van der Waals surface area contributed by atoms with Gasteiger partial charge in [0.15, 0.2) is 0 Å². The number of hydrogen-bond acceptors (Lipinski definition) is 2. The summed E-state index contributed by atoms with van der Waals surface area (Å²) >= 11 is 0. The summed E-state index contributed by atoms with van der Waals surface area (Å²) in [6, 6.07) is 7.01. The molecular weight excluding hydrogens is 255 g/mol. The number of hydrogen-bond donors (Lipinski definition) is 1. The largest absolute Gasteiger partial charge is 0.404 e. The van der Waals surface area contributed by atoms with E-state index < -0.39 is 24.2 Å². The summed E-state index contributed by atoms with van der Waals surface area (Å²) in [4.78, 5) is 0. The number of nitrogens with one attached hydrogen (secondary N) is 1. The summed E-state index contributed by atoms with van der Waals surface area (Å²) in [5, 5.41) is 2.66. The third kappa shape index (κ3) is 4.84. The number of ether oxygens (including phenoxy) is 1. The number of methoxy groups -OCH3 is 1. The molecule has 19 heavy (non-hydrogen) atoms. The van der Waals surface area contributed by atoms with Crippen LogP contribution in [0.2, 0.25) is 0 Å². The molecule has 0 aromatic heterocycles. The van der Waals surface area contributed by atoms with E-state index in [2.05, 4.69) is 5.32 Å². The third-order valence-electron chi connectivity index (χ3n) is 2.94. The fraction of sp³-hybridized carbons (Fsp3) is 0.571. The minimum absolute atomic E-state index is 0.198. The number of halogens is 3. The molecule has 0 aliphatic carbocycles. The molecule has 1 rings (SSSR count). The standard InChI is InChI=1S/C14H20F3NO/c1-10(2)13(14(15,16)17)18-12(9-19-3)11-7-5-4-6-8-11/h4-8,10,12-13,18H,9H2,1-3H3/t12-,13+/m0/s1. The van der Waals surface area contributed by atoms with Gasteiger partial charge in [-0.25, -0.2) is 0 Å². The van der Waals surface area contributed by atoms with Gasteiger partial charge in [0.25, 0.3) is 0 Å². The second-order valence-electron chi connectivity index (χ2n) is 4.85.